The topological polar surface area (TPSA) is 82.0 Å². The van der Waals surface area contributed by atoms with Crippen LogP contribution in [0.4, 0.5) is 5.69 Å². The molecule has 1 aliphatic rings. The molecule has 0 aromatic heterocycles. The molecule has 2 N–H and O–H groups in total. The molecule has 6 nitrogen and oxygen atoms in total. The van der Waals surface area contributed by atoms with Gasteiger partial charge in [-0.1, -0.05) is 42.5 Å². The molecule has 0 saturated carbocycles. The Morgan fingerprint density at radius 1 is 1.07 bits per heavy atom. The predicted molar refractivity (Wildman–Crippen MR) is 104 cm³/mol. The SMILES string of the molecule is CCN1C(=O)/C(=N\NC(=O)c2cc3ccccc3cc2O)c2ccccc21. The Morgan fingerprint density at radius 2 is 1.74 bits per heavy atom. The molecular formula is C21H17N3O3. The number of nitrogens with zero attached hydrogens (tertiary/aromatic N) is 2. The number of phenolic OH excluding ortho intramolecular Hbond substituents is 1. The summed E-state index contributed by atoms with van der Waals surface area (Å²) in [7, 11) is 0. The van der Waals surface area contributed by atoms with Crippen LogP contribution < -0.4 is 10.3 Å². The van der Waals surface area contributed by atoms with E-state index in [9.17, 15) is 14.7 Å². The normalized spacial score (nSPS) is 14.6. The number of hydrogen-bond donors (Lipinski definition) is 2. The van der Waals surface area contributed by atoms with Gasteiger partial charge in [-0.15, -0.1) is 0 Å². The number of hydrazone groups is 1. The number of benzene rings is 3. The third kappa shape index (κ3) is 2.81. The van der Waals surface area contributed by atoms with Crippen LogP contribution in [0, 0.1) is 0 Å². The summed E-state index contributed by atoms with van der Waals surface area (Å²) in [6.45, 7) is 2.39. The molecule has 0 aliphatic carbocycles. The van der Waals surface area contributed by atoms with E-state index in [-0.39, 0.29) is 22.9 Å². The minimum absolute atomic E-state index is 0.101. The van der Waals surface area contributed by atoms with Gasteiger partial charge in [0.1, 0.15) is 5.75 Å². The van der Waals surface area contributed by atoms with E-state index >= 15 is 0 Å². The number of amides is 2. The second kappa shape index (κ2) is 6.57. The third-order valence-corrected chi connectivity index (χ3v) is 4.59. The monoisotopic (exact) mass is 359 g/mol. The Bertz CT molecular complexity index is 1100. The van der Waals surface area contributed by atoms with Gasteiger partial charge < -0.3 is 10.0 Å². The minimum atomic E-state index is -0.578. The lowest BCUT2D eigenvalue weighted by Gasteiger charge is -2.12. The fourth-order valence-corrected chi connectivity index (χ4v) is 3.26. The fourth-order valence-electron chi connectivity index (χ4n) is 3.26. The van der Waals surface area contributed by atoms with Crippen LogP contribution in [0.25, 0.3) is 10.8 Å². The largest absolute Gasteiger partial charge is 0.507 e. The van der Waals surface area contributed by atoms with E-state index in [4.69, 9.17) is 0 Å². The average Bonchev–Trinajstić information content (AvgIpc) is 2.96. The highest BCUT2D eigenvalue weighted by Crippen LogP contribution is 2.29. The summed E-state index contributed by atoms with van der Waals surface area (Å²) in [4.78, 5) is 26.7. The van der Waals surface area contributed by atoms with Gasteiger partial charge in [0, 0.05) is 12.1 Å². The van der Waals surface area contributed by atoms with Crippen molar-refractivity contribution in [1.29, 1.82) is 0 Å². The second-order valence-corrected chi connectivity index (χ2v) is 6.18. The van der Waals surface area contributed by atoms with Crippen molar-refractivity contribution in [3.63, 3.8) is 0 Å². The number of hydrogen-bond acceptors (Lipinski definition) is 4. The zero-order valence-electron chi connectivity index (χ0n) is 14.6. The highest BCUT2D eigenvalue weighted by molar-refractivity contribution is 6.54. The summed E-state index contributed by atoms with van der Waals surface area (Å²) in [5.74, 6) is -0.979. The first kappa shape index (κ1) is 16.8. The number of anilines is 1. The molecule has 0 atom stereocenters. The smallest absolute Gasteiger partial charge is 0.279 e. The number of aromatic hydroxyl groups is 1. The van der Waals surface area contributed by atoms with Crippen LogP contribution in [0.5, 0.6) is 5.75 Å². The van der Waals surface area contributed by atoms with E-state index in [0.717, 1.165) is 16.5 Å². The number of fused-ring (bicyclic) bond motifs is 2. The molecular weight excluding hydrogens is 342 g/mol. The van der Waals surface area contributed by atoms with Crippen molar-refractivity contribution < 1.29 is 14.7 Å². The Morgan fingerprint density at radius 3 is 2.48 bits per heavy atom. The van der Waals surface area contributed by atoms with Gasteiger partial charge in [-0.2, -0.15) is 5.10 Å². The predicted octanol–water partition coefficient (Wildman–Crippen LogP) is 3.05. The molecule has 3 aromatic rings. The van der Waals surface area contributed by atoms with Crippen molar-refractivity contribution in [1.82, 2.24) is 5.43 Å². The molecule has 134 valence electrons. The van der Waals surface area contributed by atoms with Crippen molar-refractivity contribution in [2.75, 3.05) is 11.4 Å². The lowest BCUT2D eigenvalue weighted by atomic mass is 10.1. The highest BCUT2D eigenvalue weighted by atomic mass is 16.3. The number of para-hydroxylation sites is 1. The van der Waals surface area contributed by atoms with Crippen molar-refractivity contribution in [2.24, 2.45) is 5.10 Å². The Balaban J connectivity index is 1.66. The summed E-state index contributed by atoms with van der Waals surface area (Å²) in [6.07, 6.45) is 0. The van der Waals surface area contributed by atoms with Gasteiger partial charge in [0.05, 0.1) is 11.3 Å². The van der Waals surface area contributed by atoms with Crippen molar-refractivity contribution in [2.45, 2.75) is 6.92 Å². The van der Waals surface area contributed by atoms with Gasteiger partial charge in [-0.25, -0.2) is 5.43 Å². The zero-order chi connectivity index (χ0) is 19.0. The zero-order valence-corrected chi connectivity index (χ0v) is 14.6. The van der Waals surface area contributed by atoms with Crippen LogP contribution in [0.3, 0.4) is 0 Å². The van der Waals surface area contributed by atoms with E-state index in [1.807, 2.05) is 49.4 Å². The van der Waals surface area contributed by atoms with Gasteiger partial charge in [0.25, 0.3) is 11.8 Å². The number of rotatable bonds is 3. The molecule has 0 saturated heterocycles. The number of likely N-dealkylation sites (N-methyl/N-ethyl adjacent to an activating group) is 1. The fraction of sp³-hybridized carbons (Fsp3) is 0.0952. The standard InChI is InChI=1S/C21H17N3O3/c1-2-24-17-10-6-5-9-15(17)19(21(24)27)22-23-20(26)16-11-13-7-3-4-8-14(13)12-18(16)25/h3-12,25H,2H2,1H3,(H,23,26)/b22-19-. The first-order chi connectivity index (χ1) is 13.1. The molecule has 0 spiro atoms. The van der Waals surface area contributed by atoms with Crippen molar-refractivity contribution >= 4 is 34.0 Å². The second-order valence-electron chi connectivity index (χ2n) is 6.18. The van der Waals surface area contributed by atoms with Crippen LogP contribution in [0.1, 0.15) is 22.8 Å². The van der Waals surface area contributed by atoms with Crippen molar-refractivity contribution in [3.8, 4) is 5.75 Å². The molecule has 1 aliphatic heterocycles. The Kier molecular flexibility index (Phi) is 4.08. The summed E-state index contributed by atoms with van der Waals surface area (Å²) in [5.41, 5.74) is 4.13. The van der Waals surface area contributed by atoms with Crippen LogP contribution in [-0.2, 0) is 4.79 Å². The maximum Gasteiger partial charge on any atom is 0.279 e. The average molecular weight is 359 g/mol. The Hall–Kier alpha value is -3.67. The first-order valence-corrected chi connectivity index (χ1v) is 8.61. The molecule has 0 unspecified atom stereocenters. The lowest BCUT2D eigenvalue weighted by Crippen LogP contribution is -2.31. The quantitative estimate of drug-likeness (QED) is 0.705. The minimum Gasteiger partial charge on any atom is -0.507 e. The molecule has 3 aromatic carbocycles. The number of phenols is 1. The van der Waals surface area contributed by atoms with Crippen LogP contribution in [0.2, 0.25) is 0 Å². The maximum absolute atomic E-state index is 12.6. The lowest BCUT2D eigenvalue weighted by molar-refractivity contribution is -0.112. The molecule has 27 heavy (non-hydrogen) atoms. The molecule has 6 heteroatoms. The van der Waals surface area contributed by atoms with Gasteiger partial charge in [-0.3, -0.25) is 9.59 Å². The van der Waals surface area contributed by atoms with E-state index in [2.05, 4.69) is 10.5 Å². The number of nitrogens with one attached hydrogen (secondary N) is 1. The Labute approximate surface area is 155 Å². The molecule has 0 fully saturated rings. The number of carbonyl (C=O) groups excluding carboxylic acids is 2. The maximum atomic E-state index is 12.6. The third-order valence-electron chi connectivity index (χ3n) is 4.59. The number of carbonyl (C=O) groups is 2. The molecule has 4 rings (SSSR count). The summed E-state index contributed by atoms with van der Waals surface area (Å²) in [5, 5.41) is 15.9. The van der Waals surface area contributed by atoms with Crippen LogP contribution >= 0.6 is 0 Å². The van der Waals surface area contributed by atoms with Gasteiger partial charge in [-0.05, 0) is 35.9 Å². The molecule has 2 amide bonds. The van der Waals surface area contributed by atoms with Gasteiger partial charge >= 0.3 is 0 Å². The molecule has 1 heterocycles. The molecule has 0 radical (unpaired) electrons. The van der Waals surface area contributed by atoms with E-state index < -0.39 is 5.91 Å². The molecule has 0 bridgehead atoms. The van der Waals surface area contributed by atoms with Crippen LogP contribution in [-0.4, -0.2) is 29.2 Å². The van der Waals surface area contributed by atoms with E-state index in [1.54, 1.807) is 17.0 Å². The summed E-state index contributed by atoms with van der Waals surface area (Å²) >= 11 is 0. The van der Waals surface area contributed by atoms with Gasteiger partial charge in [0.15, 0.2) is 5.71 Å². The first-order valence-electron chi connectivity index (χ1n) is 8.61. The summed E-state index contributed by atoms with van der Waals surface area (Å²) < 4.78 is 0. The highest BCUT2D eigenvalue weighted by Gasteiger charge is 2.32. The summed E-state index contributed by atoms with van der Waals surface area (Å²) in [6, 6.07) is 17.9. The van der Waals surface area contributed by atoms with Crippen molar-refractivity contribution in [3.05, 3.63) is 71.8 Å². The van der Waals surface area contributed by atoms with Gasteiger partial charge in [0.2, 0.25) is 0 Å². The van der Waals surface area contributed by atoms with E-state index in [1.165, 1.54) is 6.07 Å². The van der Waals surface area contributed by atoms with Crippen LogP contribution in [0.15, 0.2) is 65.8 Å². The van der Waals surface area contributed by atoms with E-state index in [0.29, 0.717) is 12.1 Å².